The summed E-state index contributed by atoms with van der Waals surface area (Å²) in [5, 5.41) is 0.530. The third-order valence-electron chi connectivity index (χ3n) is 4.49. The molecule has 6 heteroatoms. The summed E-state index contributed by atoms with van der Waals surface area (Å²) < 4.78 is 7.28. The monoisotopic (exact) mass is 421 g/mol. The minimum Gasteiger partial charge on any atom is -0.496 e. The van der Waals surface area contributed by atoms with E-state index in [4.69, 9.17) is 16.3 Å². The molecule has 29 heavy (non-hydrogen) atoms. The number of para-hydroxylation sites is 1. The molecule has 0 N–H and O–H groups in total. The zero-order valence-corrected chi connectivity index (χ0v) is 17.0. The second-order valence-electron chi connectivity index (χ2n) is 6.31. The van der Waals surface area contributed by atoms with Crippen LogP contribution >= 0.6 is 22.9 Å². The zero-order chi connectivity index (χ0) is 20.4. The summed E-state index contributed by atoms with van der Waals surface area (Å²) in [6, 6.07) is 20.6. The number of carbonyl (C=O) groups excluding carboxylic acids is 1. The molecule has 4 aromatic rings. The van der Waals surface area contributed by atoms with Gasteiger partial charge in [-0.2, -0.15) is 0 Å². The summed E-state index contributed by atoms with van der Waals surface area (Å²) in [6.45, 7) is 0. The lowest BCUT2D eigenvalue weighted by molar-refractivity contribution is 0.0972. The predicted octanol–water partition coefficient (Wildman–Crippen LogP) is 5.75. The van der Waals surface area contributed by atoms with E-state index in [1.807, 2.05) is 48.5 Å². The van der Waals surface area contributed by atoms with Gasteiger partial charge in [-0.05, 0) is 47.5 Å². The van der Waals surface area contributed by atoms with Crippen LogP contribution in [0.4, 0.5) is 0 Å². The number of aromatic nitrogens is 1. The normalized spacial score (nSPS) is 11.2. The van der Waals surface area contributed by atoms with Gasteiger partial charge < -0.3 is 4.74 Å². The first-order chi connectivity index (χ1) is 14.1. The number of thiazole rings is 1. The average molecular weight is 422 g/mol. The van der Waals surface area contributed by atoms with Crippen molar-refractivity contribution in [2.45, 2.75) is 0 Å². The zero-order valence-electron chi connectivity index (χ0n) is 15.5. The molecule has 3 aromatic carbocycles. The Kier molecular flexibility index (Phi) is 5.34. The predicted molar refractivity (Wildman–Crippen MR) is 119 cm³/mol. The molecule has 0 saturated carbocycles. The molecule has 4 nitrogen and oxygen atoms in total. The summed E-state index contributed by atoms with van der Waals surface area (Å²) >= 11 is 6.98. The first-order valence-electron chi connectivity index (χ1n) is 8.84. The van der Waals surface area contributed by atoms with Gasteiger partial charge in [-0.15, -0.1) is 0 Å². The van der Waals surface area contributed by atoms with E-state index < -0.39 is 5.91 Å². The van der Waals surface area contributed by atoms with Crippen LogP contribution in [0.3, 0.4) is 0 Å². The van der Waals surface area contributed by atoms with Crippen molar-refractivity contribution in [3.8, 4) is 16.9 Å². The van der Waals surface area contributed by atoms with Crippen molar-refractivity contribution < 1.29 is 9.53 Å². The molecule has 1 heterocycles. The molecule has 4 rings (SSSR count). The van der Waals surface area contributed by atoms with Crippen molar-refractivity contribution in [3.63, 3.8) is 0 Å². The molecular weight excluding hydrogens is 406 g/mol. The third kappa shape index (κ3) is 3.88. The number of allylic oxidation sites excluding steroid dienone is 1. The van der Waals surface area contributed by atoms with Gasteiger partial charge in [0.2, 0.25) is 0 Å². The van der Waals surface area contributed by atoms with E-state index in [0.29, 0.717) is 15.2 Å². The highest BCUT2D eigenvalue weighted by atomic mass is 35.5. The highest BCUT2D eigenvalue weighted by Crippen LogP contribution is 2.30. The Morgan fingerprint density at radius 1 is 1.07 bits per heavy atom. The van der Waals surface area contributed by atoms with Crippen molar-refractivity contribution >= 4 is 45.1 Å². The van der Waals surface area contributed by atoms with Crippen molar-refractivity contribution in [1.29, 1.82) is 0 Å². The molecule has 0 aliphatic rings. The number of halogens is 1. The summed E-state index contributed by atoms with van der Waals surface area (Å²) in [6.07, 6.45) is 3.11. The van der Waals surface area contributed by atoms with Crippen LogP contribution in [0.5, 0.6) is 5.75 Å². The Morgan fingerprint density at radius 3 is 2.72 bits per heavy atom. The van der Waals surface area contributed by atoms with Crippen molar-refractivity contribution in [3.05, 3.63) is 93.1 Å². The molecule has 0 unspecified atom stereocenters. The molecular formula is C23H16ClNO3S. The molecule has 0 saturated heterocycles. The molecule has 0 aliphatic heterocycles. The maximum atomic E-state index is 12.7. The van der Waals surface area contributed by atoms with E-state index in [1.54, 1.807) is 31.4 Å². The fourth-order valence-electron chi connectivity index (χ4n) is 3.14. The number of carbonyl (C=O) groups is 1. The summed E-state index contributed by atoms with van der Waals surface area (Å²) in [7, 11) is 1.64. The molecule has 144 valence electrons. The van der Waals surface area contributed by atoms with Gasteiger partial charge in [-0.25, -0.2) is 4.57 Å². The third-order valence-corrected chi connectivity index (χ3v) is 5.63. The van der Waals surface area contributed by atoms with E-state index in [1.165, 1.54) is 6.08 Å². The average Bonchev–Trinajstić information content (AvgIpc) is 3.07. The first kappa shape index (κ1) is 19.2. The van der Waals surface area contributed by atoms with Crippen LogP contribution < -0.4 is 9.61 Å². The molecule has 0 bridgehead atoms. The van der Waals surface area contributed by atoms with Gasteiger partial charge >= 0.3 is 4.87 Å². The fraction of sp³-hybridized carbons (Fsp3) is 0.0435. The lowest BCUT2D eigenvalue weighted by atomic mass is 10.0. The summed E-state index contributed by atoms with van der Waals surface area (Å²) in [5.74, 6) is 0.380. The number of ether oxygens (including phenoxy) is 1. The molecule has 1 aromatic heterocycles. The van der Waals surface area contributed by atoms with Gasteiger partial charge in [0.25, 0.3) is 5.91 Å². The van der Waals surface area contributed by atoms with Gasteiger partial charge in [0.1, 0.15) is 5.75 Å². The largest absolute Gasteiger partial charge is 0.496 e. The van der Waals surface area contributed by atoms with Gasteiger partial charge in [0, 0.05) is 16.7 Å². The number of hydrogen-bond acceptors (Lipinski definition) is 4. The van der Waals surface area contributed by atoms with Gasteiger partial charge in [0.15, 0.2) is 0 Å². The Balaban J connectivity index is 1.66. The lowest BCUT2D eigenvalue weighted by Gasteiger charge is -2.08. The van der Waals surface area contributed by atoms with Crippen LogP contribution in [0, 0.1) is 0 Å². The standard InChI is InChI=1S/C23H16ClNO3S/c1-28-20-8-3-2-7-18(20)16-6-4-5-15(13-16)9-12-22(26)25-19-11-10-17(24)14-21(19)29-23(25)27/h2-14H,1H3. The molecule has 0 aliphatic carbocycles. The smallest absolute Gasteiger partial charge is 0.315 e. The summed E-state index contributed by atoms with van der Waals surface area (Å²) in [4.78, 5) is 24.6. The van der Waals surface area contributed by atoms with Crippen LogP contribution in [0.15, 0.2) is 77.6 Å². The highest BCUT2D eigenvalue weighted by molar-refractivity contribution is 7.16. The Labute approximate surface area is 176 Å². The second kappa shape index (κ2) is 8.07. The van der Waals surface area contributed by atoms with Gasteiger partial charge in [-0.1, -0.05) is 59.3 Å². The number of rotatable bonds is 4. The van der Waals surface area contributed by atoms with Gasteiger partial charge in [0.05, 0.1) is 17.3 Å². The topological polar surface area (TPSA) is 48.3 Å². The minimum atomic E-state index is -0.397. The number of methoxy groups -OCH3 is 1. The molecule has 0 amide bonds. The molecule has 0 radical (unpaired) electrons. The number of fused-ring (bicyclic) bond motifs is 1. The van der Waals surface area contributed by atoms with Crippen LogP contribution in [-0.2, 0) is 0 Å². The van der Waals surface area contributed by atoms with Crippen LogP contribution in [0.1, 0.15) is 10.4 Å². The van der Waals surface area contributed by atoms with Crippen molar-refractivity contribution in [2.75, 3.05) is 7.11 Å². The Morgan fingerprint density at radius 2 is 1.90 bits per heavy atom. The Hall–Kier alpha value is -3.15. The lowest BCUT2D eigenvalue weighted by Crippen LogP contribution is -2.19. The maximum Gasteiger partial charge on any atom is 0.315 e. The van der Waals surface area contributed by atoms with Crippen LogP contribution in [-0.4, -0.2) is 17.6 Å². The van der Waals surface area contributed by atoms with E-state index in [0.717, 1.165) is 38.3 Å². The number of hydrogen-bond donors (Lipinski definition) is 0. The SMILES string of the molecule is COc1ccccc1-c1cccc(C=CC(=O)n2c(=O)sc3cc(Cl)ccc32)c1. The van der Waals surface area contributed by atoms with Crippen molar-refractivity contribution in [2.24, 2.45) is 0 Å². The van der Waals surface area contributed by atoms with Crippen molar-refractivity contribution in [1.82, 2.24) is 4.57 Å². The molecule has 0 fully saturated rings. The summed E-state index contributed by atoms with van der Waals surface area (Å²) in [5.41, 5.74) is 3.34. The van der Waals surface area contributed by atoms with Crippen LogP contribution in [0.2, 0.25) is 5.02 Å². The minimum absolute atomic E-state index is 0.334. The first-order valence-corrected chi connectivity index (χ1v) is 10.0. The number of nitrogens with zero attached hydrogens (tertiary/aromatic N) is 1. The molecule has 0 atom stereocenters. The van der Waals surface area contributed by atoms with E-state index >= 15 is 0 Å². The fourth-order valence-corrected chi connectivity index (χ4v) is 4.29. The highest BCUT2D eigenvalue weighted by Gasteiger charge is 2.12. The quantitative estimate of drug-likeness (QED) is 0.394. The van der Waals surface area contributed by atoms with Crippen LogP contribution in [0.25, 0.3) is 27.4 Å². The molecule has 0 spiro atoms. The van der Waals surface area contributed by atoms with E-state index in [-0.39, 0.29) is 4.87 Å². The van der Waals surface area contributed by atoms with Gasteiger partial charge in [-0.3, -0.25) is 9.59 Å². The maximum absolute atomic E-state index is 12.7. The second-order valence-corrected chi connectivity index (χ2v) is 7.74. The number of benzene rings is 3. The Bertz CT molecular complexity index is 1300. The van der Waals surface area contributed by atoms with E-state index in [9.17, 15) is 9.59 Å². The van der Waals surface area contributed by atoms with E-state index in [2.05, 4.69) is 0 Å².